The number of anilines is 1. The maximum absolute atomic E-state index is 12.2. The van der Waals surface area contributed by atoms with Gasteiger partial charge in [0.15, 0.2) is 0 Å². The maximum Gasteiger partial charge on any atom is 0.319 e. The van der Waals surface area contributed by atoms with Crippen molar-refractivity contribution >= 4 is 29.2 Å². The minimum Gasteiger partial charge on any atom is -0.497 e. The Morgan fingerprint density at radius 2 is 1.74 bits per heavy atom. The largest absolute Gasteiger partial charge is 0.497 e. The summed E-state index contributed by atoms with van der Waals surface area (Å²) < 4.78 is 10.9. The van der Waals surface area contributed by atoms with Crippen LogP contribution in [0.15, 0.2) is 60.8 Å². The first-order valence-corrected chi connectivity index (χ1v) is 9.69. The molecule has 0 fully saturated rings. The van der Waals surface area contributed by atoms with Crippen molar-refractivity contribution in [2.45, 2.75) is 6.54 Å². The zero-order valence-corrected chi connectivity index (χ0v) is 17.7. The lowest BCUT2D eigenvalue weighted by atomic mass is 10.2. The molecule has 31 heavy (non-hydrogen) atoms. The highest BCUT2D eigenvalue weighted by molar-refractivity contribution is 6.33. The van der Waals surface area contributed by atoms with E-state index in [0.717, 1.165) is 5.56 Å². The number of carbonyl (C=O) groups excluding carboxylic acids is 2. The van der Waals surface area contributed by atoms with E-state index in [9.17, 15) is 9.59 Å². The van der Waals surface area contributed by atoms with Crippen LogP contribution in [-0.4, -0.2) is 31.1 Å². The third kappa shape index (κ3) is 6.10. The minimum absolute atomic E-state index is 0.267. The van der Waals surface area contributed by atoms with Gasteiger partial charge in [-0.3, -0.25) is 9.78 Å². The molecule has 0 saturated carbocycles. The Hall–Kier alpha value is -3.78. The van der Waals surface area contributed by atoms with Gasteiger partial charge in [0.2, 0.25) is 0 Å². The maximum atomic E-state index is 12.2. The highest BCUT2D eigenvalue weighted by Crippen LogP contribution is 2.26. The Labute approximate surface area is 184 Å². The molecule has 3 amide bonds. The fourth-order valence-corrected chi connectivity index (χ4v) is 2.78. The summed E-state index contributed by atoms with van der Waals surface area (Å²) in [5, 5.41) is 8.38. The number of ether oxygens (including phenoxy) is 2. The molecule has 3 N–H and O–H groups in total. The van der Waals surface area contributed by atoms with Crippen LogP contribution in [0.2, 0.25) is 5.02 Å². The van der Waals surface area contributed by atoms with Gasteiger partial charge in [-0.1, -0.05) is 23.7 Å². The van der Waals surface area contributed by atoms with Gasteiger partial charge >= 0.3 is 6.03 Å². The molecule has 0 aliphatic rings. The average molecular weight is 441 g/mol. The predicted molar refractivity (Wildman–Crippen MR) is 118 cm³/mol. The Bertz CT molecular complexity index is 1070. The number of benzene rings is 2. The molecule has 8 nitrogen and oxygen atoms in total. The number of urea groups is 1. The molecule has 0 unspecified atom stereocenters. The van der Waals surface area contributed by atoms with Gasteiger partial charge in [-0.15, -0.1) is 0 Å². The fraction of sp³-hybridized carbons (Fsp3) is 0.136. The lowest BCUT2D eigenvalue weighted by molar-refractivity contribution is 0.0958. The SMILES string of the molecule is CNC(=O)c1cc(Oc2ccc(CNC(=O)Nc3cc(OC)ccc3Cl)cc2)ccn1. The number of hydrogen-bond acceptors (Lipinski definition) is 5. The Morgan fingerprint density at radius 1 is 1.00 bits per heavy atom. The zero-order chi connectivity index (χ0) is 22.2. The van der Waals surface area contributed by atoms with Crippen LogP contribution in [0.25, 0.3) is 0 Å². The molecule has 2 aromatic carbocycles. The molecule has 0 aliphatic carbocycles. The topological polar surface area (TPSA) is 102 Å². The number of halogens is 1. The molecule has 0 spiro atoms. The number of methoxy groups -OCH3 is 1. The quantitative estimate of drug-likeness (QED) is 0.510. The van der Waals surface area contributed by atoms with Crippen molar-refractivity contribution in [2.75, 3.05) is 19.5 Å². The number of nitrogens with zero attached hydrogens (tertiary/aromatic N) is 1. The summed E-state index contributed by atoms with van der Waals surface area (Å²) in [5.41, 5.74) is 1.60. The molecule has 1 heterocycles. The molecule has 3 aromatic rings. The van der Waals surface area contributed by atoms with Crippen LogP contribution >= 0.6 is 11.6 Å². The van der Waals surface area contributed by atoms with E-state index < -0.39 is 6.03 Å². The van der Waals surface area contributed by atoms with Crippen molar-refractivity contribution in [1.82, 2.24) is 15.6 Å². The zero-order valence-electron chi connectivity index (χ0n) is 16.9. The first kappa shape index (κ1) is 21.9. The summed E-state index contributed by atoms with van der Waals surface area (Å²) in [6.07, 6.45) is 1.51. The standard InChI is InChI=1S/C22H21ClN4O4/c1-24-21(28)20-12-17(9-10-25-20)31-15-5-3-14(4-6-15)13-26-22(29)27-19-11-16(30-2)7-8-18(19)23/h3-12H,13H2,1-2H3,(H,24,28)(H2,26,27,29). The minimum atomic E-state index is -0.394. The van der Waals surface area contributed by atoms with E-state index in [1.807, 2.05) is 12.1 Å². The third-order valence-electron chi connectivity index (χ3n) is 4.22. The molecule has 3 rings (SSSR count). The van der Waals surface area contributed by atoms with Gasteiger partial charge in [-0.05, 0) is 35.9 Å². The molecule has 0 aliphatic heterocycles. The van der Waals surface area contributed by atoms with Crippen LogP contribution in [0.5, 0.6) is 17.2 Å². The van der Waals surface area contributed by atoms with Gasteiger partial charge in [0.1, 0.15) is 22.9 Å². The highest BCUT2D eigenvalue weighted by atomic mass is 35.5. The van der Waals surface area contributed by atoms with E-state index in [4.69, 9.17) is 21.1 Å². The van der Waals surface area contributed by atoms with Gasteiger partial charge in [0, 0.05) is 31.9 Å². The molecule has 1 aromatic heterocycles. The van der Waals surface area contributed by atoms with Crippen LogP contribution in [0.3, 0.4) is 0 Å². The van der Waals surface area contributed by atoms with Crippen molar-refractivity contribution in [2.24, 2.45) is 0 Å². The first-order chi connectivity index (χ1) is 15.0. The Morgan fingerprint density at radius 3 is 2.45 bits per heavy atom. The molecular formula is C22H21ClN4O4. The summed E-state index contributed by atoms with van der Waals surface area (Å²) in [6, 6.07) is 15.0. The van der Waals surface area contributed by atoms with E-state index >= 15 is 0 Å². The number of aromatic nitrogens is 1. The second kappa shape index (κ2) is 10.3. The van der Waals surface area contributed by atoms with Crippen molar-refractivity contribution in [3.05, 3.63) is 77.1 Å². The molecule has 0 atom stereocenters. The number of pyridine rings is 1. The van der Waals surface area contributed by atoms with E-state index in [1.165, 1.54) is 20.4 Å². The second-order valence-corrected chi connectivity index (χ2v) is 6.76. The summed E-state index contributed by atoms with van der Waals surface area (Å²) in [5.74, 6) is 1.38. The van der Waals surface area contributed by atoms with Gasteiger partial charge in [-0.2, -0.15) is 0 Å². The van der Waals surface area contributed by atoms with Gasteiger partial charge in [0.25, 0.3) is 5.91 Å². The lowest BCUT2D eigenvalue weighted by Crippen LogP contribution is -2.28. The molecule has 0 bridgehead atoms. The third-order valence-corrected chi connectivity index (χ3v) is 4.55. The van der Waals surface area contributed by atoms with E-state index in [1.54, 1.807) is 42.5 Å². The summed E-state index contributed by atoms with van der Waals surface area (Å²) >= 11 is 6.10. The number of rotatable bonds is 7. The number of amides is 3. The Balaban J connectivity index is 1.55. The lowest BCUT2D eigenvalue weighted by Gasteiger charge is -2.11. The second-order valence-electron chi connectivity index (χ2n) is 6.36. The fourth-order valence-electron chi connectivity index (χ4n) is 2.61. The summed E-state index contributed by atoms with van der Waals surface area (Å²) in [6.45, 7) is 0.309. The smallest absolute Gasteiger partial charge is 0.319 e. The molecule has 0 saturated heterocycles. The van der Waals surface area contributed by atoms with Crippen molar-refractivity contribution in [3.8, 4) is 17.2 Å². The van der Waals surface area contributed by atoms with Crippen LogP contribution < -0.4 is 25.4 Å². The van der Waals surface area contributed by atoms with Crippen LogP contribution in [0.1, 0.15) is 16.1 Å². The van der Waals surface area contributed by atoms with Gasteiger partial charge < -0.3 is 25.4 Å². The van der Waals surface area contributed by atoms with Crippen molar-refractivity contribution in [1.29, 1.82) is 0 Å². The van der Waals surface area contributed by atoms with Gasteiger partial charge in [0.05, 0.1) is 17.8 Å². The molecule has 160 valence electrons. The van der Waals surface area contributed by atoms with Crippen molar-refractivity contribution < 1.29 is 19.1 Å². The number of nitrogens with one attached hydrogen (secondary N) is 3. The van der Waals surface area contributed by atoms with E-state index in [0.29, 0.717) is 34.5 Å². The predicted octanol–water partition coefficient (Wildman–Crippen LogP) is 4.22. The number of hydrogen-bond donors (Lipinski definition) is 3. The van der Waals surface area contributed by atoms with E-state index in [2.05, 4.69) is 20.9 Å². The van der Waals surface area contributed by atoms with Gasteiger partial charge in [-0.25, -0.2) is 4.79 Å². The van der Waals surface area contributed by atoms with E-state index in [-0.39, 0.29) is 11.6 Å². The normalized spacial score (nSPS) is 10.2. The molecule has 0 radical (unpaired) electrons. The molecular weight excluding hydrogens is 420 g/mol. The average Bonchev–Trinajstić information content (AvgIpc) is 2.79. The highest BCUT2D eigenvalue weighted by Gasteiger charge is 2.08. The summed E-state index contributed by atoms with van der Waals surface area (Å²) in [7, 11) is 3.08. The number of carbonyl (C=O) groups is 2. The molecule has 9 heteroatoms. The monoisotopic (exact) mass is 440 g/mol. The summed E-state index contributed by atoms with van der Waals surface area (Å²) in [4.78, 5) is 27.8. The van der Waals surface area contributed by atoms with Crippen LogP contribution in [-0.2, 0) is 6.54 Å². The van der Waals surface area contributed by atoms with Crippen LogP contribution in [0.4, 0.5) is 10.5 Å². The van der Waals surface area contributed by atoms with Crippen LogP contribution in [0, 0.1) is 0 Å². The first-order valence-electron chi connectivity index (χ1n) is 9.32. The van der Waals surface area contributed by atoms with Crippen molar-refractivity contribution in [3.63, 3.8) is 0 Å². The Kier molecular flexibility index (Phi) is 7.29.